The van der Waals surface area contributed by atoms with E-state index in [1.165, 1.54) is 5.56 Å². The van der Waals surface area contributed by atoms with Gasteiger partial charge in [0.25, 0.3) is 5.91 Å². The lowest BCUT2D eigenvalue weighted by molar-refractivity contribution is 0.0934. The zero-order chi connectivity index (χ0) is 22.9. The van der Waals surface area contributed by atoms with Gasteiger partial charge < -0.3 is 10.6 Å². The monoisotopic (exact) mass is 437 g/mol. The van der Waals surface area contributed by atoms with E-state index in [0.717, 1.165) is 44.8 Å². The van der Waals surface area contributed by atoms with Gasteiger partial charge in [0.15, 0.2) is 0 Å². The minimum Gasteiger partial charge on any atom is -0.367 e. The molecule has 0 atom stereocenters. The number of anilines is 1. The molecule has 1 aromatic heterocycles. The molecule has 174 valence electrons. The van der Waals surface area contributed by atoms with Gasteiger partial charge in [-0.25, -0.2) is 4.98 Å². The number of carbonyl (C=O) groups excluding carboxylic acids is 1. The van der Waals surface area contributed by atoms with E-state index >= 15 is 0 Å². The van der Waals surface area contributed by atoms with Gasteiger partial charge in [0.05, 0.1) is 0 Å². The summed E-state index contributed by atoms with van der Waals surface area (Å²) < 4.78 is 0. The molecule has 1 aromatic carbocycles. The third-order valence-corrected chi connectivity index (χ3v) is 6.15. The maximum Gasteiger partial charge on any atom is 0.270 e. The molecular weight excluding hydrogens is 398 g/mol. The van der Waals surface area contributed by atoms with Crippen molar-refractivity contribution in [3.8, 4) is 0 Å². The number of benzene rings is 1. The average molecular weight is 438 g/mol. The van der Waals surface area contributed by atoms with Crippen molar-refractivity contribution in [3.63, 3.8) is 0 Å². The van der Waals surface area contributed by atoms with E-state index in [-0.39, 0.29) is 5.91 Å². The summed E-state index contributed by atoms with van der Waals surface area (Å²) in [6.45, 7) is 13.3. The predicted molar refractivity (Wildman–Crippen MR) is 132 cm³/mol. The van der Waals surface area contributed by atoms with Gasteiger partial charge in [-0.2, -0.15) is 0 Å². The third-order valence-electron chi connectivity index (χ3n) is 6.15. The molecule has 32 heavy (non-hydrogen) atoms. The summed E-state index contributed by atoms with van der Waals surface area (Å²) in [5, 5.41) is 6.56. The molecule has 0 spiro atoms. The topological polar surface area (TPSA) is 60.5 Å². The van der Waals surface area contributed by atoms with E-state index in [1.54, 1.807) is 6.07 Å². The zero-order valence-electron chi connectivity index (χ0n) is 20.1. The van der Waals surface area contributed by atoms with Crippen molar-refractivity contribution in [1.82, 2.24) is 20.1 Å². The fourth-order valence-corrected chi connectivity index (χ4v) is 4.43. The van der Waals surface area contributed by atoms with Crippen molar-refractivity contribution in [2.75, 3.05) is 31.5 Å². The molecule has 0 aliphatic carbocycles. The SMILES string of the molecule is CC(C)N(CCNC(=O)c1cccc(NC2CCN(Cc3ccccc3)CC2)n1)C(C)C. The summed E-state index contributed by atoms with van der Waals surface area (Å²) in [5.41, 5.74) is 1.83. The van der Waals surface area contributed by atoms with Crippen molar-refractivity contribution in [2.45, 2.75) is 65.2 Å². The molecule has 6 nitrogen and oxygen atoms in total. The molecule has 1 amide bonds. The summed E-state index contributed by atoms with van der Waals surface area (Å²) in [5.74, 6) is 0.670. The highest BCUT2D eigenvalue weighted by atomic mass is 16.1. The van der Waals surface area contributed by atoms with E-state index in [9.17, 15) is 4.79 Å². The Labute approximate surface area is 193 Å². The van der Waals surface area contributed by atoms with Gasteiger partial charge in [0, 0.05) is 50.8 Å². The van der Waals surface area contributed by atoms with Crippen molar-refractivity contribution < 1.29 is 4.79 Å². The molecule has 1 aliphatic rings. The molecule has 0 saturated carbocycles. The van der Waals surface area contributed by atoms with E-state index in [2.05, 4.69) is 83.4 Å². The number of nitrogens with one attached hydrogen (secondary N) is 2. The van der Waals surface area contributed by atoms with Crippen molar-refractivity contribution >= 4 is 11.7 Å². The number of rotatable bonds is 10. The highest BCUT2D eigenvalue weighted by molar-refractivity contribution is 5.92. The van der Waals surface area contributed by atoms with Crippen LogP contribution in [0.3, 0.4) is 0 Å². The summed E-state index contributed by atoms with van der Waals surface area (Å²) in [6, 6.07) is 17.6. The van der Waals surface area contributed by atoms with Crippen LogP contribution in [0.1, 0.15) is 56.6 Å². The third kappa shape index (κ3) is 7.31. The fraction of sp³-hybridized carbons (Fsp3) is 0.538. The number of hydrogen-bond donors (Lipinski definition) is 2. The molecular formula is C26H39N5O. The quantitative estimate of drug-likeness (QED) is 0.588. The van der Waals surface area contributed by atoms with Crippen molar-refractivity contribution in [3.05, 3.63) is 59.8 Å². The Morgan fingerprint density at radius 1 is 1.03 bits per heavy atom. The zero-order valence-corrected chi connectivity index (χ0v) is 20.1. The number of hydrogen-bond acceptors (Lipinski definition) is 5. The molecule has 6 heteroatoms. The first-order chi connectivity index (χ1) is 15.4. The van der Waals surface area contributed by atoms with E-state index in [4.69, 9.17) is 0 Å². The van der Waals surface area contributed by atoms with Crippen LogP contribution in [0, 0.1) is 0 Å². The van der Waals surface area contributed by atoms with Gasteiger partial charge in [0.1, 0.15) is 11.5 Å². The smallest absolute Gasteiger partial charge is 0.270 e. The number of nitrogens with zero attached hydrogens (tertiary/aromatic N) is 3. The number of aromatic nitrogens is 1. The number of amides is 1. The molecule has 1 fully saturated rings. The summed E-state index contributed by atoms with van der Waals surface area (Å²) in [4.78, 5) is 22.0. The Morgan fingerprint density at radius 3 is 2.38 bits per heavy atom. The van der Waals surface area contributed by atoms with Crippen LogP contribution in [0.4, 0.5) is 5.82 Å². The Morgan fingerprint density at radius 2 is 1.72 bits per heavy atom. The van der Waals surface area contributed by atoms with Gasteiger partial charge >= 0.3 is 0 Å². The van der Waals surface area contributed by atoms with Crippen LogP contribution < -0.4 is 10.6 Å². The van der Waals surface area contributed by atoms with Crippen LogP contribution in [0.25, 0.3) is 0 Å². The predicted octanol–water partition coefficient (Wildman–Crippen LogP) is 4.01. The van der Waals surface area contributed by atoms with Gasteiger partial charge in [-0.1, -0.05) is 36.4 Å². The second-order valence-electron chi connectivity index (χ2n) is 9.27. The molecule has 2 aromatic rings. The molecule has 2 N–H and O–H groups in total. The first kappa shape index (κ1) is 24.2. The van der Waals surface area contributed by atoms with Crippen LogP contribution in [0.15, 0.2) is 48.5 Å². The highest BCUT2D eigenvalue weighted by Gasteiger charge is 2.20. The normalized spacial score (nSPS) is 15.5. The Bertz CT molecular complexity index is 823. The maximum absolute atomic E-state index is 12.6. The van der Waals surface area contributed by atoms with Crippen LogP contribution in [0.5, 0.6) is 0 Å². The first-order valence-electron chi connectivity index (χ1n) is 12.0. The second kappa shape index (κ2) is 12.0. The molecule has 0 unspecified atom stereocenters. The lowest BCUT2D eigenvalue weighted by Crippen LogP contribution is -2.42. The number of piperidine rings is 1. The average Bonchev–Trinajstić information content (AvgIpc) is 2.78. The molecule has 2 heterocycles. The minimum absolute atomic E-state index is 0.112. The van der Waals surface area contributed by atoms with Gasteiger partial charge in [-0.3, -0.25) is 14.6 Å². The molecule has 1 saturated heterocycles. The van der Waals surface area contributed by atoms with E-state index in [1.807, 2.05) is 12.1 Å². The first-order valence-corrected chi connectivity index (χ1v) is 12.0. The molecule has 3 rings (SSSR count). The Kier molecular flexibility index (Phi) is 9.06. The van der Waals surface area contributed by atoms with Crippen LogP contribution in [-0.2, 0) is 6.54 Å². The van der Waals surface area contributed by atoms with Gasteiger partial charge in [-0.15, -0.1) is 0 Å². The molecule has 1 aliphatic heterocycles. The maximum atomic E-state index is 12.6. The van der Waals surface area contributed by atoms with Crippen LogP contribution in [-0.4, -0.2) is 65.0 Å². The minimum atomic E-state index is -0.112. The Hall–Kier alpha value is -2.44. The molecule has 0 bridgehead atoms. The van der Waals surface area contributed by atoms with Gasteiger partial charge in [-0.05, 0) is 58.2 Å². The number of carbonyl (C=O) groups is 1. The fourth-order valence-electron chi connectivity index (χ4n) is 4.43. The standard InChI is InChI=1S/C26H39N5O/c1-20(2)31(21(3)4)18-15-27-26(32)24-11-8-12-25(29-24)28-23-13-16-30(17-14-23)19-22-9-6-5-7-10-22/h5-12,20-21,23H,13-19H2,1-4H3,(H,27,32)(H,28,29). The summed E-state index contributed by atoms with van der Waals surface area (Å²) in [6.07, 6.45) is 2.15. The Balaban J connectivity index is 1.45. The van der Waals surface area contributed by atoms with E-state index < -0.39 is 0 Å². The second-order valence-corrected chi connectivity index (χ2v) is 9.27. The van der Waals surface area contributed by atoms with Crippen LogP contribution >= 0.6 is 0 Å². The number of likely N-dealkylation sites (tertiary alicyclic amines) is 1. The van der Waals surface area contributed by atoms with E-state index in [0.29, 0.717) is 30.4 Å². The van der Waals surface area contributed by atoms with Gasteiger partial charge in [0.2, 0.25) is 0 Å². The van der Waals surface area contributed by atoms with Crippen molar-refractivity contribution in [1.29, 1.82) is 0 Å². The van der Waals surface area contributed by atoms with Crippen molar-refractivity contribution in [2.24, 2.45) is 0 Å². The lowest BCUT2D eigenvalue weighted by atomic mass is 10.0. The number of pyridine rings is 1. The lowest BCUT2D eigenvalue weighted by Gasteiger charge is -2.32. The largest absolute Gasteiger partial charge is 0.367 e. The molecule has 0 radical (unpaired) electrons. The highest BCUT2D eigenvalue weighted by Crippen LogP contribution is 2.17. The summed E-state index contributed by atoms with van der Waals surface area (Å²) in [7, 11) is 0. The summed E-state index contributed by atoms with van der Waals surface area (Å²) >= 11 is 0. The van der Waals surface area contributed by atoms with Crippen LogP contribution in [0.2, 0.25) is 0 Å².